The number of aliphatic carboxylic acids is 1. The fraction of sp³-hybridized carbons (Fsp3) is 0.917. The van der Waals surface area contributed by atoms with E-state index in [0.29, 0.717) is 0 Å². The van der Waals surface area contributed by atoms with Gasteiger partial charge in [0.1, 0.15) is 0 Å². The summed E-state index contributed by atoms with van der Waals surface area (Å²) in [6.07, 6.45) is 11.2. The van der Waals surface area contributed by atoms with Gasteiger partial charge < -0.3 is 9.90 Å². The Labute approximate surface area is 165 Å². The monoisotopic (exact) mass is 262 g/mol. The van der Waals surface area contributed by atoms with Crippen molar-refractivity contribution in [3.05, 3.63) is 0 Å². The minimum atomic E-state index is -0.909. The average Bonchev–Trinajstić information content (AvgIpc) is 2.15. The summed E-state index contributed by atoms with van der Waals surface area (Å²) in [5.74, 6) is -0.909. The van der Waals surface area contributed by atoms with Crippen LogP contribution in [0.3, 0.4) is 0 Å². The standard InChI is InChI=1S/C12H24O2.K.Na.H/c1-2-3-4-5-6-7-8-9-10-11-12(13)14;;;/h2-11H2,1H3,(H,13,14);;;/q;;+1;/p-1. The van der Waals surface area contributed by atoms with Crippen molar-refractivity contribution in [2.45, 2.75) is 71.1 Å². The van der Waals surface area contributed by atoms with Crippen LogP contribution in [0.4, 0.5) is 0 Å². The first-order valence-electron chi connectivity index (χ1n) is 5.97. The van der Waals surface area contributed by atoms with Gasteiger partial charge in [-0.25, -0.2) is 0 Å². The molecule has 0 spiro atoms. The van der Waals surface area contributed by atoms with Crippen molar-refractivity contribution in [3.8, 4) is 0 Å². The molecule has 16 heavy (non-hydrogen) atoms. The molecule has 0 aromatic rings. The van der Waals surface area contributed by atoms with Gasteiger partial charge in [-0.3, -0.25) is 0 Å². The minimum Gasteiger partial charge on any atom is 1.00 e. The van der Waals surface area contributed by atoms with Crippen LogP contribution in [0.15, 0.2) is 0 Å². The number of carboxylic acid groups (broad SMARTS) is 1. The second-order valence-electron chi connectivity index (χ2n) is 3.95. The van der Waals surface area contributed by atoms with Gasteiger partial charge in [-0.2, -0.15) is 0 Å². The summed E-state index contributed by atoms with van der Waals surface area (Å²) >= 11 is 0. The number of carboxylic acids is 1. The predicted octanol–water partition coefficient (Wildman–Crippen LogP) is -0.987. The molecule has 0 amide bonds. The van der Waals surface area contributed by atoms with E-state index in [9.17, 15) is 9.90 Å². The van der Waals surface area contributed by atoms with E-state index in [1.54, 1.807) is 0 Å². The molecule has 0 N–H and O–H groups in total. The number of rotatable bonds is 10. The summed E-state index contributed by atoms with van der Waals surface area (Å²) in [5.41, 5.74) is 0. The van der Waals surface area contributed by atoms with Gasteiger partial charge in [0.15, 0.2) is 0 Å². The first-order chi connectivity index (χ1) is 6.77. The van der Waals surface area contributed by atoms with Crippen LogP contribution in [-0.2, 0) is 4.79 Å². The molecule has 0 fully saturated rings. The molecular formula is C12H24KNaO2. The third-order valence-electron chi connectivity index (χ3n) is 2.48. The Hall–Kier alpha value is 2.11. The van der Waals surface area contributed by atoms with E-state index in [-0.39, 0.29) is 87.4 Å². The quantitative estimate of drug-likeness (QED) is 0.375. The molecule has 2 nitrogen and oxygen atoms in total. The van der Waals surface area contributed by atoms with Gasteiger partial charge in [-0.05, 0) is 12.8 Å². The maximum Gasteiger partial charge on any atom is 1.00 e. The van der Waals surface area contributed by atoms with Crippen molar-refractivity contribution in [2.75, 3.05) is 0 Å². The van der Waals surface area contributed by atoms with E-state index < -0.39 is 5.97 Å². The number of unbranched alkanes of at least 4 members (excludes halogenated alkanes) is 8. The molecule has 0 heterocycles. The van der Waals surface area contributed by atoms with E-state index in [0.717, 1.165) is 12.8 Å². The van der Waals surface area contributed by atoms with Crippen LogP contribution in [0, 0.1) is 0 Å². The first-order valence-corrected chi connectivity index (χ1v) is 5.97. The van der Waals surface area contributed by atoms with Crippen LogP contribution in [0.5, 0.6) is 0 Å². The van der Waals surface area contributed by atoms with Gasteiger partial charge in [0, 0.05) is 5.97 Å². The molecular weight excluding hydrogens is 238 g/mol. The summed E-state index contributed by atoms with van der Waals surface area (Å²) in [7, 11) is 0. The topological polar surface area (TPSA) is 40.1 Å². The Morgan fingerprint density at radius 2 is 1.25 bits per heavy atom. The van der Waals surface area contributed by atoms with Crippen molar-refractivity contribution < 1.29 is 39.5 Å². The largest absolute Gasteiger partial charge is 1.00 e. The summed E-state index contributed by atoms with van der Waals surface area (Å²) in [5, 5.41) is 10.1. The third kappa shape index (κ3) is 21.4. The molecule has 0 bridgehead atoms. The van der Waals surface area contributed by atoms with Gasteiger partial charge in [0.05, 0.1) is 0 Å². The zero-order valence-electron chi connectivity index (χ0n) is 10.4. The number of hydrogen-bond donors (Lipinski definition) is 0. The fourth-order valence-electron chi connectivity index (χ4n) is 1.58. The van der Waals surface area contributed by atoms with Gasteiger partial charge in [0.2, 0.25) is 0 Å². The molecule has 0 saturated carbocycles. The third-order valence-corrected chi connectivity index (χ3v) is 2.48. The van der Waals surface area contributed by atoms with Gasteiger partial charge >= 0.3 is 80.9 Å². The van der Waals surface area contributed by atoms with Crippen molar-refractivity contribution >= 4 is 57.4 Å². The molecule has 0 aliphatic carbocycles. The second kappa shape index (κ2) is 19.4. The minimum absolute atomic E-state index is 0. The molecule has 0 aromatic heterocycles. The normalized spacial score (nSPS) is 9.06. The maximum atomic E-state index is 10.1. The molecule has 0 aliphatic heterocycles. The van der Waals surface area contributed by atoms with Gasteiger partial charge in [-0.1, -0.05) is 58.3 Å². The summed E-state index contributed by atoms with van der Waals surface area (Å²) < 4.78 is 0. The van der Waals surface area contributed by atoms with Crippen LogP contribution in [-0.4, -0.2) is 57.4 Å². The summed E-state index contributed by atoms with van der Waals surface area (Å²) in [4.78, 5) is 10.1. The van der Waals surface area contributed by atoms with Crippen molar-refractivity contribution in [3.63, 3.8) is 0 Å². The SMILES string of the molecule is CCCCCCCCCCCC(=O)[O-].[KH].[Na+]. The number of hydrogen-bond acceptors (Lipinski definition) is 2. The van der Waals surface area contributed by atoms with Crippen molar-refractivity contribution in [1.29, 1.82) is 0 Å². The molecule has 0 aromatic carbocycles. The molecule has 0 rings (SSSR count). The second-order valence-corrected chi connectivity index (χ2v) is 3.95. The molecule has 0 unspecified atom stereocenters. The Bertz CT molecular complexity index is 143. The Balaban J connectivity index is -0.000000845. The van der Waals surface area contributed by atoms with E-state index in [1.165, 1.54) is 44.9 Å². The zero-order valence-corrected chi connectivity index (χ0v) is 12.4. The van der Waals surface area contributed by atoms with Gasteiger partial charge in [-0.15, -0.1) is 0 Å². The van der Waals surface area contributed by atoms with Crippen LogP contribution in [0.1, 0.15) is 71.1 Å². The molecule has 0 radical (unpaired) electrons. The Morgan fingerprint density at radius 1 is 0.875 bits per heavy atom. The molecule has 0 saturated heterocycles. The van der Waals surface area contributed by atoms with Crippen LogP contribution in [0.25, 0.3) is 0 Å². The molecule has 0 aliphatic rings. The molecule has 4 heteroatoms. The van der Waals surface area contributed by atoms with Crippen LogP contribution >= 0.6 is 0 Å². The first kappa shape index (κ1) is 23.2. The van der Waals surface area contributed by atoms with Crippen molar-refractivity contribution in [1.82, 2.24) is 0 Å². The fourth-order valence-corrected chi connectivity index (χ4v) is 1.58. The number of carbonyl (C=O) groups is 1. The molecule has 86 valence electrons. The van der Waals surface area contributed by atoms with E-state index >= 15 is 0 Å². The van der Waals surface area contributed by atoms with Crippen LogP contribution in [0.2, 0.25) is 0 Å². The van der Waals surface area contributed by atoms with Crippen LogP contribution < -0.4 is 34.7 Å². The predicted molar refractivity (Wildman–Crippen MR) is 64.0 cm³/mol. The van der Waals surface area contributed by atoms with Crippen molar-refractivity contribution in [2.24, 2.45) is 0 Å². The maximum absolute atomic E-state index is 10.1. The van der Waals surface area contributed by atoms with Gasteiger partial charge in [0.25, 0.3) is 0 Å². The Kier molecular flexibility index (Phi) is 28.2. The number of carbonyl (C=O) groups excluding carboxylic acids is 1. The molecule has 0 atom stereocenters. The Morgan fingerprint density at radius 3 is 1.62 bits per heavy atom. The summed E-state index contributed by atoms with van der Waals surface area (Å²) in [6, 6.07) is 0. The van der Waals surface area contributed by atoms with E-state index in [1.807, 2.05) is 0 Å². The average molecular weight is 262 g/mol. The van der Waals surface area contributed by atoms with E-state index in [2.05, 4.69) is 6.92 Å². The summed E-state index contributed by atoms with van der Waals surface area (Å²) in [6.45, 7) is 2.22. The smallest absolute Gasteiger partial charge is 1.00 e. The van der Waals surface area contributed by atoms with E-state index in [4.69, 9.17) is 0 Å². The zero-order chi connectivity index (χ0) is 10.6.